The molecular weight excluding hydrogens is 276 g/mol. The number of hydrogen-bond acceptors (Lipinski definition) is 4. The van der Waals surface area contributed by atoms with Crippen molar-refractivity contribution in [2.45, 2.75) is 38.3 Å². The summed E-state index contributed by atoms with van der Waals surface area (Å²) in [7, 11) is 4.23. The van der Waals surface area contributed by atoms with E-state index in [1.165, 1.54) is 0 Å². The minimum absolute atomic E-state index is 0.0505. The van der Waals surface area contributed by atoms with E-state index in [0.29, 0.717) is 11.7 Å². The molecule has 0 bridgehead atoms. The van der Waals surface area contributed by atoms with Crippen LogP contribution in [0.4, 0.5) is 11.4 Å². The summed E-state index contributed by atoms with van der Waals surface area (Å²) in [6, 6.07) is 7.71. The Morgan fingerprint density at radius 1 is 1.45 bits per heavy atom. The average molecular weight is 304 g/mol. The maximum Gasteiger partial charge on any atom is 0.241 e. The van der Waals surface area contributed by atoms with Gasteiger partial charge in [0.1, 0.15) is 0 Å². The molecule has 2 rings (SSSR count). The summed E-state index contributed by atoms with van der Waals surface area (Å²) in [4.78, 5) is 17.2. The molecule has 1 amide bonds. The van der Waals surface area contributed by atoms with Gasteiger partial charge in [0, 0.05) is 17.4 Å². The number of nitrogens with two attached hydrogens (primary N) is 1. The molecule has 122 valence electrons. The maximum atomic E-state index is 12.6. The van der Waals surface area contributed by atoms with Gasteiger partial charge in [-0.15, -0.1) is 0 Å². The van der Waals surface area contributed by atoms with Crippen molar-refractivity contribution < 1.29 is 4.79 Å². The van der Waals surface area contributed by atoms with Gasteiger partial charge in [0.15, 0.2) is 0 Å². The third kappa shape index (κ3) is 4.21. The first-order chi connectivity index (χ1) is 10.5. The van der Waals surface area contributed by atoms with Gasteiger partial charge < -0.3 is 16.0 Å². The van der Waals surface area contributed by atoms with Crippen LogP contribution in [0.5, 0.6) is 0 Å². The van der Waals surface area contributed by atoms with Gasteiger partial charge in [-0.25, -0.2) is 0 Å². The van der Waals surface area contributed by atoms with E-state index in [4.69, 9.17) is 5.73 Å². The second kappa shape index (κ2) is 7.61. The van der Waals surface area contributed by atoms with E-state index < -0.39 is 0 Å². The van der Waals surface area contributed by atoms with E-state index in [2.05, 4.69) is 36.1 Å². The van der Waals surface area contributed by atoms with Crippen molar-refractivity contribution in [3.63, 3.8) is 0 Å². The van der Waals surface area contributed by atoms with Gasteiger partial charge in [0.25, 0.3) is 0 Å². The third-order valence-electron chi connectivity index (χ3n) is 4.60. The minimum Gasteiger partial charge on any atom is -0.399 e. The lowest BCUT2D eigenvalue weighted by Gasteiger charge is -2.38. The zero-order valence-electron chi connectivity index (χ0n) is 13.9. The zero-order chi connectivity index (χ0) is 16.1. The fourth-order valence-electron chi connectivity index (χ4n) is 3.16. The number of carbonyl (C=O) groups excluding carboxylic acids is 1. The van der Waals surface area contributed by atoms with Crippen molar-refractivity contribution in [2.75, 3.05) is 38.2 Å². The highest BCUT2D eigenvalue weighted by molar-refractivity contribution is 5.95. The molecule has 1 aromatic carbocycles. The fourth-order valence-corrected chi connectivity index (χ4v) is 3.16. The Hall–Kier alpha value is -1.59. The molecular formula is C17H28N4O. The Morgan fingerprint density at radius 2 is 2.14 bits per heavy atom. The molecule has 5 nitrogen and oxygen atoms in total. The summed E-state index contributed by atoms with van der Waals surface area (Å²) in [5.74, 6) is 0.0505. The van der Waals surface area contributed by atoms with Crippen LogP contribution in [0.3, 0.4) is 0 Å². The van der Waals surface area contributed by atoms with Crippen LogP contribution in [0.2, 0.25) is 0 Å². The largest absolute Gasteiger partial charge is 0.399 e. The quantitative estimate of drug-likeness (QED) is 0.817. The first-order valence-corrected chi connectivity index (χ1v) is 8.08. The van der Waals surface area contributed by atoms with Gasteiger partial charge in [-0.1, -0.05) is 13.0 Å². The number of benzene rings is 1. The van der Waals surface area contributed by atoms with E-state index in [0.717, 1.165) is 38.0 Å². The third-order valence-corrected chi connectivity index (χ3v) is 4.60. The fraction of sp³-hybridized carbons (Fsp3) is 0.588. The second-order valence-electron chi connectivity index (χ2n) is 6.24. The topological polar surface area (TPSA) is 61.6 Å². The van der Waals surface area contributed by atoms with E-state index in [1.807, 2.05) is 18.2 Å². The maximum absolute atomic E-state index is 12.6. The summed E-state index contributed by atoms with van der Waals surface area (Å²) < 4.78 is 0. The minimum atomic E-state index is -0.102. The van der Waals surface area contributed by atoms with Crippen LogP contribution in [-0.4, -0.2) is 55.0 Å². The molecule has 1 aromatic rings. The first kappa shape index (κ1) is 16.8. The van der Waals surface area contributed by atoms with Gasteiger partial charge in [0.05, 0.1) is 6.04 Å². The second-order valence-corrected chi connectivity index (χ2v) is 6.24. The Kier molecular flexibility index (Phi) is 5.80. The number of likely N-dealkylation sites (N-methyl/N-ethyl adjacent to an activating group) is 1. The van der Waals surface area contributed by atoms with E-state index in [-0.39, 0.29) is 11.9 Å². The Balaban J connectivity index is 1.99. The predicted molar refractivity (Wildman–Crippen MR) is 91.8 cm³/mol. The van der Waals surface area contributed by atoms with Gasteiger partial charge >= 0.3 is 0 Å². The molecule has 1 aliphatic heterocycles. The van der Waals surface area contributed by atoms with E-state index in [1.54, 1.807) is 6.07 Å². The monoisotopic (exact) mass is 304 g/mol. The van der Waals surface area contributed by atoms with Gasteiger partial charge in [0.2, 0.25) is 5.91 Å². The van der Waals surface area contributed by atoms with Crippen LogP contribution in [0.15, 0.2) is 24.3 Å². The molecule has 1 unspecified atom stereocenters. The molecule has 3 N–H and O–H groups in total. The lowest BCUT2D eigenvalue weighted by Crippen LogP contribution is -2.50. The predicted octanol–water partition coefficient (Wildman–Crippen LogP) is 2.01. The van der Waals surface area contributed by atoms with Crippen molar-refractivity contribution in [3.8, 4) is 0 Å². The van der Waals surface area contributed by atoms with Gasteiger partial charge in [-0.2, -0.15) is 0 Å². The van der Waals surface area contributed by atoms with E-state index >= 15 is 0 Å². The molecule has 1 saturated heterocycles. The Labute approximate surface area is 133 Å². The molecule has 22 heavy (non-hydrogen) atoms. The highest BCUT2D eigenvalue weighted by Gasteiger charge is 2.29. The molecule has 1 atom stereocenters. The molecule has 0 saturated carbocycles. The molecule has 1 fully saturated rings. The SMILES string of the molecule is CCC(C(=O)Nc1cccc(N)c1)N(C)C1CCN(C)CC1. The molecule has 0 radical (unpaired) electrons. The van der Waals surface area contributed by atoms with E-state index in [9.17, 15) is 4.79 Å². The van der Waals surface area contributed by atoms with Crippen molar-refractivity contribution in [1.82, 2.24) is 9.80 Å². The molecule has 0 spiro atoms. The van der Waals surface area contributed by atoms with Crippen LogP contribution in [-0.2, 0) is 4.79 Å². The molecule has 5 heteroatoms. The lowest BCUT2D eigenvalue weighted by atomic mass is 10.0. The number of amides is 1. The van der Waals surface area contributed by atoms with Gasteiger partial charge in [-0.3, -0.25) is 9.69 Å². The number of nitrogens with zero attached hydrogens (tertiary/aromatic N) is 2. The Bertz CT molecular complexity index is 497. The van der Waals surface area contributed by atoms with Crippen LogP contribution >= 0.6 is 0 Å². The standard InChI is InChI=1S/C17H28N4O/c1-4-16(21(3)15-8-10-20(2)11-9-15)17(22)19-14-7-5-6-13(18)12-14/h5-7,12,15-16H,4,8-11,18H2,1-3H3,(H,19,22). The van der Waals surface area contributed by atoms with Crippen LogP contribution < -0.4 is 11.1 Å². The normalized spacial score (nSPS) is 18.4. The summed E-state index contributed by atoms with van der Waals surface area (Å²) in [6.45, 7) is 4.26. The summed E-state index contributed by atoms with van der Waals surface area (Å²) in [5.41, 5.74) is 7.19. The number of anilines is 2. The smallest absolute Gasteiger partial charge is 0.241 e. The highest BCUT2D eigenvalue weighted by atomic mass is 16.2. The molecule has 1 heterocycles. The average Bonchev–Trinajstić information content (AvgIpc) is 2.48. The highest BCUT2D eigenvalue weighted by Crippen LogP contribution is 2.19. The number of carbonyl (C=O) groups is 1. The number of rotatable bonds is 5. The number of piperidine rings is 1. The zero-order valence-corrected chi connectivity index (χ0v) is 13.9. The Morgan fingerprint density at radius 3 is 2.73 bits per heavy atom. The van der Waals surface area contributed by atoms with Crippen molar-refractivity contribution in [2.24, 2.45) is 0 Å². The van der Waals surface area contributed by atoms with Crippen LogP contribution in [0, 0.1) is 0 Å². The summed E-state index contributed by atoms with van der Waals surface area (Å²) in [5, 5.41) is 2.99. The summed E-state index contributed by atoms with van der Waals surface area (Å²) in [6.07, 6.45) is 3.04. The van der Waals surface area contributed by atoms with Crippen molar-refractivity contribution in [3.05, 3.63) is 24.3 Å². The van der Waals surface area contributed by atoms with Crippen LogP contribution in [0.1, 0.15) is 26.2 Å². The van der Waals surface area contributed by atoms with Crippen molar-refractivity contribution >= 4 is 17.3 Å². The number of likely N-dealkylation sites (tertiary alicyclic amines) is 1. The summed E-state index contributed by atoms with van der Waals surface area (Å²) >= 11 is 0. The number of nitrogen functional groups attached to an aromatic ring is 1. The number of nitrogens with one attached hydrogen (secondary N) is 1. The lowest BCUT2D eigenvalue weighted by molar-refractivity contribution is -0.122. The van der Waals surface area contributed by atoms with Gasteiger partial charge in [-0.05, 0) is 64.6 Å². The first-order valence-electron chi connectivity index (χ1n) is 8.08. The van der Waals surface area contributed by atoms with Crippen LogP contribution in [0.25, 0.3) is 0 Å². The number of hydrogen-bond donors (Lipinski definition) is 2. The molecule has 1 aliphatic rings. The van der Waals surface area contributed by atoms with Crippen molar-refractivity contribution in [1.29, 1.82) is 0 Å². The molecule has 0 aliphatic carbocycles. The molecule has 0 aromatic heterocycles.